The SMILES string of the molecule is CN(C)Cc1nc(Nc2ccc(-c3cnn4cc(F)ccc34)c3c2C(=O)NC3)ccc1[C@@H]1CCOC1. The van der Waals surface area contributed by atoms with Crippen molar-refractivity contribution in [1.82, 2.24) is 24.8 Å². The van der Waals surface area contributed by atoms with E-state index in [-0.39, 0.29) is 11.7 Å². The second kappa shape index (κ2) is 9.00. The van der Waals surface area contributed by atoms with E-state index in [0.717, 1.165) is 47.5 Å². The highest BCUT2D eigenvalue weighted by Crippen LogP contribution is 2.37. The fourth-order valence-electron chi connectivity index (χ4n) is 5.17. The van der Waals surface area contributed by atoms with Crippen LogP contribution in [-0.4, -0.2) is 52.7 Å². The predicted octanol–water partition coefficient (Wildman–Crippen LogP) is 4.09. The molecule has 2 N–H and O–H groups in total. The molecule has 6 rings (SSSR count). The van der Waals surface area contributed by atoms with E-state index in [0.29, 0.717) is 36.1 Å². The van der Waals surface area contributed by atoms with Crippen LogP contribution >= 0.6 is 0 Å². The Kier molecular flexibility index (Phi) is 5.66. The van der Waals surface area contributed by atoms with Gasteiger partial charge in [0.2, 0.25) is 0 Å². The van der Waals surface area contributed by atoms with Crippen LogP contribution in [0.5, 0.6) is 0 Å². The smallest absolute Gasteiger partial charge is 0.254 e. The number of pyridine rings is 2. The van der Waals surface area contributed by atoms with E-state index >= 15 is 0 Å². The molecule has 1 amide bonds. The molecule has 0 radical (unpaired) electrons. The largest absolute Gasteiger partial charge is 0.381 e. The number of rotatable bonds is 6. The van der Waals surface area contributed by atoms with Crippen molar-refractivity contribution >= 4 is 22.9 Å². The van der Waals surface area contributed by atoms with E-state index in [9.17, 15) is 9.18 Å². The lowest BCUT2D eigenvalue weighted by Gasteiger charge is -2.19. The number of halogens is 1. The van der Waals surface area contributed by atoms with Gasteiger partial charge in [0.1, 0.15) is 11.6 Å². The number of nitrogens with one attached hydrogen (secondary N) is 2. The van der Waals surface area contributed by atoms with Crippen LogP contribution in [0.3, 0.4) is 0 Å². The summed E-state index contributed by atoms with van der Waals surface area (Å²) < 4.78 is 20.8. The summed E-state index contributed by atoms with van der Waals surface area (Å²) in [6.07, 6.45) is 4.05. The molecule has 5 heterocycles. The summed E-state index contributed by atoms with van der Waals surface area (Å²) in [6, 6.07) is 11.1. The maximum absolute atomic E-state index is 13.7. The number of hydrogen-bond donors (Lipinski definition) is 2. The van der Waals surface area contributed by atoms with E-state index in [1.807, 2.05) is 32.3 Å². The summed E-state index contributed by atoms with van der Waals surface area (Å²) in [7, 11) is 4.06. The summed E-state index contributed by atoms with van der Waals surface area (Å²) in [4.78, 5) is 19.9. The molecule has 0 aliphatic carbocycles. The standard InChI is InChI=1S/C27H27FN6O2/c1-33(2)14-23-18(16-9-10-36-15-16)5-8-25(32-23)31-22-6-4-19(21-11-29-27(35)26(21)22)20-12-30-34-13-17(28)3-7-24(20)34/h3-8,12-13,16H,9-11,14-15H2,1-2H3,(H,29,35)(H,31,32)/t16-/m1/s1. The van der Waals surface area contributed by atoms with Crippen molar-refractivity contribution in [3.8, 4) is 11.1 Å². The van der Waals surface area contributed by atoms with Crippen molar-refractivity contribution in [1.29, 1.82) is 0 Å². The van der Waals surface area contributed by atoms with E-state index in [1.54, 1.807) is 12.3 Å². The van der Waals surface area contributed by atoms with E-state index < -0.39 is 0 Å². The highest BCUT2D eigenvalue weighted by molar-refractivity contribution is 6.06. The van der Waals surface area contributed by atoms with E-state index in [2.05, 4.69) is 26.7 Å². The normalized spacial score (nSPS) is 17.1. The Morgan fingerprint density at radius 2 is 2.08 bits per heavy atom. The van der Waals surface area contributed by atoms with Gasteiger partial charge in [-0.15, -0.1) is 0 Å². The number of hydrogen-bond acceptors (Lipinski definition) is 6. The van der Waals surface area contributed by atoms with Gasteiger partial charge in [0.25, 0.3) is 5.91 Å². The van der Waals surface area contributed by atoms with Gasteiger partial charge >= 0.3 is 0 Å². The molecule has 0 unspecified atom stereocenters. The molecule has 2 aliphatic heterocycles. The van der Waals surface area contributed by atoms with Crippen molar-refractivity contribution in [2.24, 2.45) is 0 Å². The fraction of sp³-hybridized carbons (Fsp3) is 0.296. The molecule has 3 aromatic heterocycles. The van der Waals surface area contributed by atoms with Gasteiger partial charge in [0.15, 0.2) is 0 Å². The van der Waals surface area contributed by atoms with Gasteiger partial charge < -0.3 is 20.3 Å². The minimum absolute atomic E-state index is 0.134. The zero-order chi connectivity index (χ0) is 24.8. The zero-order valence-electron chi connectivity index (χ0n) is 20.2. The molecular formula is C27H27FN6O2. The van der Waals surface area contributed by atoms with E-state index in [4.69, 9.17) is 9.72 Å². The molecule has 2 aliphatic rings. The second-order valence-corrected chi connectivity index (χ2v) is 9.59. The molecule has 1 saturated heterocycles. The van der Waals surface area contributed by atoms with Gasteiger partial charge in [-0.25, -0.2) is 13.9 Å². The summed E-state index contributed by atoms with van der Waals surface area (Å²) >= 11 is 0. The third-order valence-corrected chi connectivity index (χ3v) is 6.84. The van der Waals surface area contributed by atoms with Gasteiger partial charge in [0, 0.05) is 31.2 Å². The van der Waals surface area contributed by atoms with Crippen LogP contribution in [0, 0.1) is 5.82 Å². The van der Waals surface area contributed by atoms with Crippen molar-refractivity contribution in [2.45, 2.75) is 25.4 Å². The van der Waals surface area contributed by atoms with Crippen LogP contribution in [0.4, 0.5) is 15.9 Å². The topological polar surface area (TPSA) is 83.8 Å². The van der Waals surface area contributed by atoms with Gasteiger partial charge in [-0.1, -0.05) is 12.1 Å². The van der Waals surface area contributed by atoms with Crippen molar-refractivity contribution in [3.05, 3.63) is 77.0 Å². The van der Waals surface area contributed by atoms with Crippen molar-refractivity contribution in [3.63, 3.8) is 0 Å². The number of fused-ring (bicyclic) bond motifs is 2. The molecule has 8 nitrogen and oxygen atoms in total. The number of anilines is 2. The highest BCUT2D eigenvalue weighted by atomic mass is 19.1. The lowest BCUT2D eigenvalue weighted by atomic mass is 9.95. The van der Waals surface area contributed by atoms with Crippen LogP contribution in [0.2, 0.25) is 0 Å². The monoisotopic (exact) mass is 486 g/mol. The number of aromatic nitrogens is 3. The average molecular weight is 487 g/mol. The molecule has 36 heavy (non-hydrogen) atoms. The van der Waals surface area contributed by atoms with Crippen molar-refractivity contribution < 1.29 is 13.9 Å². The molecule has 9 heteroatoms. The minimum Gasteiger partial charge on any atom is -0.381 e. The third kappa shape index (κ3) is 4.00. The van der Waals surface area contributed by atoms with Gasteiger partial charge in [0.05, 0.1) is 41.5 Å². The van der Waals surface area contributed by atoms with Gasteiger partial charge in [-0.05, 0) is 61.5 Å². The molecule has 1 atom stereocenters. The van der Waals surface area contributed by atoms with E-state index in [1.165, 1.54) is 22.3 Å². The first-order valence-corrected chi connectivity index (χ1v) is 12.0. The number of carbonyl (C=O) groups is 1. The molecule has 0 spiro atoms. The number of nitrogens with zero attached hydrogens (tertiary/aromatic N) is 4. The Hall–Kier alpha value is -3.82. The number of ether oxygens (including phenoxy) is 1. The number of benzene rings is 1. The first kappa shape index (κ1) is 22.6. The molecule has 0 saturated carbocycles. The lowest BCUT2D eigenvalue weighted by Crippen LogP contribution is -2.16. The second-order valence-electron chi connectivity index (χ2n) is 9.59. The lowest BCUT2D eigenvalue weighted by molar-refractivity contribution is 0.0966. The Bertz CT molecular complexity index is 1470. The van der Waals surface area contributed by atoms with Gasteiger partial charge in [-0.2, -0.15) is 5.10 Å². The van der Waals surface area contributed by atoms with Crippen LogP contribution in [-0.2, 0) is 17.8 Å². The fourth-order valence-corrected chi connectivity index (χ4v) is 5.17. The molecule has 0 bridgehead atoms. The van der Waals surface area contributed by atoms with Gasteiger partial charge in [-0.3, -0.25) is 4.79 Å². The molecule has 1 fully saturated rings. The zero-order valence-corrected chi connectivity index (χ0v) is 20.2. The maximum atomic E-state index is 13.7. The number of amides is 1. The molecule has 4 aromatic rings. The summed E-state index contributed by atoms with van der Waals surface area (Å²) in [5.41, 5.74) is 6.94. The quantitative estimate of drug-likeness (QED) is 0.427. The van der Waals surface area contributed by atoms with Crippen molar-refractivity contribution in [2.75, 3.05) is 32.6 Å². The first-order chi connectivity index (χ1) is 17.5. The Morgan fingerprint density at radius 3 is 2.89 bits per heavy atom. The Morgan fingerprint density at radius 1 is 1.19 bits per heavy atom. The maximum Gasteiger partial charge on any atom is 0.254 e. The first-order valence-electron chi connectivity index (χ1n) is 12.0. The highest BCUT2D eigenvalue weighted by Gasteiger charge is 2.28. The predicted molar refractivity (Wildman–Crippen MR) is 135 cm³/mol. The van der Waals surface area contributed by atoms with Crippen LogP contribution < -0.4 is 10.6 Å². The summed E-state index contributed by atoms with van der Waals surface area (Å²) in [5, 5.41) is 10.6. The number of carbonyl (C=O) groups excluding carboxylic acids is 1. The minimum atomic E-state index is -0.355. The Balaban J connectivity index is 1.38. The van der Waals surface area contributed by atoms with Crippen LogP contribution in [0.25, 0.3) is 16.6 Å². The van der Waals surface area contributed by atoms with Crippen LogP contribution in [0.15, 0.2) is 48.8 Å². The summed E-state index contributed by atoms with van der Waals surface area (Å²) in [6.45, 7) is 2.63. The summed E-state index contributed by atoms with van der Waals surface area (Å²) in [5.74, 6) is 0.558. The average Bonchev–Trinajstić information content (AvgIpc) is 3.60. The third-order valence-electron chi connectivity index (χ3n) is 6.84. The molecule has 184 valence electrons. The van der Waals surface area contributed by atoms with Crippen LogP contribution in [0.1, 0.15) is 39.5 Å². The molecular weight excluding hydrogens is 459 g/mol. The Labute approximate surface area is 208 Å². The molecule has 1 aromatic carbocycles.